The van der Waals surface area contributed by atoms with Crippen LogP contribution < -0.4 is 4.72 Å². The average Bonchev–Trinajstić information content (AvgIpc) is 2.55. The van der Waals surface area contributed by atoms with Crippen LogP contribution >= 0.6 is 0 Å². The van der Waals surface area contributed by atoms with E-state index < -0.39 is 27.4 Å². The fourth-order valence-corrected chi connectivity index (χ4v) is 4.95. The van der Waals surface area contributed by atoms with Gasteiger partial charge >= 0.3 is 5.97 Å². The van der Waals surface area contributed by atoms with Crippen molar-refractivity contribution in [3.8, 4) is 6.07 Å². The standard InChI is InChI=1S/C17H22N2O4S/c18-12-17(9-5-2-6-10-17)13-24(22,23)19-15(16(20)21)11-14-7-3-1-4-8-14/h1,3-4,7-8,15,19H,2,5-6,9-11,13H2,(H,20,21)/t15-/m0/s1. The highest BCUT2D eigenvalue weighted by Gasteiger charge is 2.38. The Kier molecular flexibility index (Phi) is 5.97. The van der Waals surface area contributed by atoms with Gasteiger partial charge in [-0.05, 0) is 24.8 Å². The fraction of sp³-hybridized carbons (Fsp3) is 0.529. The van der Waals surface area contributed by atoms with Crippen molar-refractivity contribution in [2.75, 3.05) is 5.75 Å². The lowest BCUT2D eigenvalue weighted by molar-refractivity contribution is -0.138. The molecular weight excluding hydrogens is 328 g/mol. The van der Waals surface area contributed by atoms with Gasteiger partial charge in [0.2, 0.25) is 10.0 Å². The zero-order valence-electron chi connectivity index (χ0n) is 13.4. The lowest BCUT2D eigenvalue weighted by atomic mass is 9.77. The minimum absolute atomic E-state index is 0.0644. The molecule has 1 aliphatic carbocycles. The first-order chi connectivity index (χ1) is 11.4. The van der Waals surface area contributed by atoms with Gasteiger partial charge in [-0.1, -0.05) is 49.6 Å². The van der Waals surface area contributed by atoms with Gasteiger partial charge < -0.3 is 5.11 Å². The topological polar surface area (TPSA) is 107 Å². The van der Waals surface area contributed by atoms with Gasteiger partial charge in [0.25, 0.3) is 0 Å². The number of hydrogen-bond donors (Lipinski definition) is 2. The summed E-state index contributed by atoms with van der Waals surface area (Å²) in [6, 6.07) is 9.78. The van der Waals surface area contributed by atoms with Crippen molar-refractivity contribution in [3.05, 3.63) is 35.9 Å². The highest BCUT2D eigenvalue weighted by atomic mass is 32.2. The Morgan fingerprint density at radius 1 is 1.25 bits per heavy atom. The molecule has 1 saturated carbocycles. The average molecular weight is 350 g/mol. The number of nitrogens with zero attached hydrogens (tertiary/aromatic N) is 1. The Bertz CT molecular complexity index is 704. The highest BCUT2D eigenvalue weighted by Crippen LogP contribution is 2.36. The van der Waals surface area contributed by atoms with Crippen molar-refractivity contribution >= 4 is 16.0 Å². The number of nitriles is 1. The van der Waals surface area contributed by atoms with Crippen LogP contribution in [0.2, 0.25) is 0 Å². The maximum absolute atomic E-state index is 12.4. The van der Waals surface area contributed by atoms with Crippen molar-refractivity contribution in [2.45, 2.75) is 44.6 Å². The lowest BCUT2D eigenvalue weighted by Crippen LogP contribution is -2.46. The summed E-state index contributed by atoms with van der Waals surface area (Å²) < 4.78 is 27.2. The first kappa shape index (κ1) is 18.4. The van der Waals surface area contributed by atoms with E-state index in [1.54, 1.807) is 24.3 Å². The van der Waals surface area contributed by atoms with Crippen LogP contribution in [0.5, 0.6) is 0 Å². The van der Waals surface area contributed by atoms with Crippen LogP contribution in [0.1, 0.15) is 37.7 Å². The molecule has 0 radical (unpaired) electrons. The molecule has 2 rings (SSSR count). The van der Waals surface area contributed by atoms with Crippen LogP contribution in [-0.4, -0.2) is 31.3 Å². The van der Waals surface area contributed by atoms with Crippen LogP contribution in [0, 0.1) is 16.7 Å². The predicted molar refractivity (Wildman–Crippen MR) is 89.6 cm³/mol. The summed E-state index contributed by atoms with van der Waals surface area (Å²) in [6.07, 6.45) is 3.81. The molecule has 1 aliphatic rings. The summed E-state index contributed by atoms with van der Waals surface area (Å²) >= 11 is 0. The van der Waals surface area contributed by atoms with Crippen LogP contribution in [0.4, 0.5) is 0 Å². The summed E-state index contributed by atoms with van der Waals surface area (Å²) in [5.41, 5.74) is -0.167. The Labute approximate surface area is 142 Å². The summed E-state index contributed by atoms with van der Waals surface area (Å²) in [5, 5.41) is 18.8. The van der Waals surface area contributed by atoms with Gasteiger partial charge in [0, 0.05) is 0 Å². The van der Waals surface area contributed by atoms with Crippen molar-refractivity contribution in [2.24, 2.45) is 5.41 Å². The van der Waals surface area contributed by atoms with Gasteiger partial charge in [-0.3, -0.25) is 4.79 Å². The monoisotopic (exact) mass is 350 g/mol. The molecule has 7 heteroatoms. The van der Waals surface area contributed by atoms with E-state index in [4.69, 9.17) is 0 Å². The van der Waals surface area contributed by atoms with E-state index in [-0.39, 0.29) is 12.2 Å². The molecule has 24 heavy (non-hydrogen) atoms. The summed E-state index contributed by atoms with van der Waals surface area (Å²) in [6.45, 7) is 0. The van der Waals surface area contributed by atoms with Gasteiger partial charge in [0.05, 0.1) is 17.2 Å². The number of sulfonamides is 1. The Balaban J connectivity index is 2.10. The molecule has 0 aliphatic heterocycles. The molecule has 1 fully saturated rings. The largest absolute Gasteiger partial charge is 0.480 e. The number of carboxylic acids is 1. The Morgan fingerprint density at radius 2 is 1.88 bits per heavy atom. The molecule has 1 atom stereocenters. The summed E-state index contributed by atoms with van der Waals surface area (Å²) in [7, 11) is -3.87. The first-order valence-electron chi connectivity index (χ1n) is 8.04. The maximum atomic E-state index is 12.4. The van der Waals surface area contributed by atoms with Crippen LogP contribution in [0.15, 0.2) is 30.3 Å². The molecule has 0 saturated heterocycles. The number of aliphatic carboxylic acids is 1. The van der Waals surface area contributed by atoms with E-state index in [1.165, 1.54) is 0 Å². The van der Waals surface area contributed by atoms with Gasteiger partial charge in [-0.25, -0.2) is 13.1 Å². The number of benzene rings is 1. The third kappa shape index (κ3) is 5.05. The quantitative estimate of drug-likeness (QED) is 0.783. The van der Waals surface area contributed by atoms with Gasteiger partial charge in [-0.2, -0.15) is 5.26 Å². The molecule has 0 heterocycles. The molecular formula is C17H22N2O4S. The molecule has 0 spiro atoms. The Hall–Kier alpha value is -1.91. The van der Waals surface area contributed by atoms with Crippen molar-refractivity contribution in [1.29, 1.82) is 5.26 Å². The smallest absolute Gasteiger partial charge is 0.322 e. The van der Waals surface area contributed by atoms with E-state index in [0.717, 1.165) is 24.8 Å². The minimum Gasteiger partial charge on any atom is -0.480 e. The first-order valence-corrected chi connectivity index (χ1v) is 9.69. The molecule has 130 valence electrons. The van der Waals surface area contributed by atoms with Crippen LogP contribution in [0.3, 0.4) is 0 Å². The third-order valence-electron chi connectivity index (χ3n) is 4.42. The third-order valence-corrected chi connectivity index (χ3v) is 5.99. The number of hydrogen-bond acceptors (Lipinski definition) is 4. The van der Waals surface area contributed by atoms with E-state index in [9.17, 15) is 23.6 Å². The van der Waals surface area contributed by atoms with Gasteiger partial charge in [0.15, 0.2) is 0 Å². The zero-order chi connectivity index (χ0) is 17.6. The van der Waals surface area contributed by atoms with Crippen molar-refractivity contribution < 1.29 is 18.3 Å². The number of carboxylic acid groups (broad SMARTS) is 1. The minimum atomic E-state index is -3.87. The molecule has 0 unspecified atom stereocenters. The van der Waals surface area contributed by atoms with Gasteiger partial charge in [-0.15, -0.1) is 0 Å². The summed E-state index contributed by atoms with van der Waals surface area (Å²) in [5.74, 6) is -1.56. The van der Waals surface area contributed by atoms with E-state index in [2.05, 4.69) is 10.8 Å². The van der Waals surface area contributed by atoms with Gasteiger partial charge in [0.1, 0.15) is 6.04 Å². The van der Waals surface area contributed by atoms with Crippen molar-refractivity contribution in [3.63, 3.8) is 0 Å². The highest BCUT2D eigenvalue weighted by molar-refractivity contribution is 7.89. The summed E-state index contributed by atoms with van der Waals surface area (Å²) in [4.78, 5) is 11.4. The van der Waals surface area contributed by atoms with E-state index in [1.807, 2.05) is 6.07 Å². The number of nitrogens with one attached hydrogen (secondary N) is 1. The molecule has 0 aromatic heterocycles. The Morgan fingerprint density at radius 3 is 2.42 bits per heavy atom. The second-order valence-corrected chi connectivity index (χ2v) is 8.16. The molecule has 6 nitrogen and oxygen atoms in total. The second kappa shape index (κ2) is 7.77. The predicted octanol–water partition coefficient (Wildman–Crippen LogP) is 2.08. The van der Waals surface area contributed by atoms with Crippen LogP contribution in [-0.2, 0) is 21.2 Å². The maximum Gasteiger partial charge on any atom is 0.322 e. The molecule has 0 amide bonds. The second-order valence-electron chi connectivity index (χ2n) is 6.41. The SMILES string of the molecule is N#CC1(CS(=O)(=O)N[C@@H](Cc2ccccc2)C(=O)O)CCCCC1. The van der Waals surface area contributed by atoms with Crippen LogP contribution in [0.25, 0.3) is 0 Å². The normalized spacial score (nSPS) is 18.5. The molecule has 0 bridgehead atoms. The zero-order valence-corrected chi connectivity index (χ0v) is 14.3. The van der Waals surface area contributed by atoms with E-state index >= 15 is 0 Å². The van der Waals surface area contributed by atoms with E-state index in [0.29, 0.717) is 12.8 Å². The number of carbonyl (C=O) groups is 1. The number of rotatable bonds is 7. The van der Waals surface area contributed by atoms with Crippen molar-refractivity contribution in [1.82, 2.24) is 4.72 Å². The fourth-order valence-electron chi connectivity index (χ4n) is 3.17. The molecule has 2 N–H and O–H groups in total. The molecule has 1 aromatic carbocycles. The lowest BCUT2D eigenvalue weighted by Gasteiger charge is -2.30. The molecule has 1 aromatic rings.